The molecule has 2 heterocycles. The highest BCUT2D eigenvalue weighted by Crippen LogP contribution is 2.34. The highest BCUT2D eigenvalue weighted by atomic mass is 35.5. The summed E-state index contributed by atoms with van der Waals surface area (Å²) < 4.78 is 37.7. The lowest BCUT2D eigenvalue weighted by molar-refractivity contribution is -0.137. The second-order valence-corrected chi connectivity index (χ2v) is 4.78. The fourth-order valence-electron chi connectivity index (χ4n) is 1.22. The molecule has 0 unspecified atom stereocenters. The summed E-state index contributed by atoms with van der Waals surface area (Å²) >= 11 is 6.68. The highest BCUT2D eigenvalue weighted by molar-refractivity contribution is 7.99. The summed E-state index contributed by atoms with van der Waals surface area (Å²) in [6.45, 7) is 0. The molecule has 0 atom stereocenters. The molecule has 94 valence electrons. The minimum Gasteiger partial charge on any atom is -0.265 e. The molecule has 0 fully saturated rings. The van der Waals surface area contributed by atoms with Crippen molar-refractivity contribution in [3.63, 3.8) is 0 Å². The minimum atomic E-state index is -4.43. The maximum absolute atomic E-state index is 12.6. The van der Waals surface area contributed by atoms with E-state index in [-0.39, 0.29) is 10.2 Å². The third-order valence-corrected chi connectivity index (χ3v) is 3.09. The Bertz CT molecular complexity index is 546. The topological polar surface area (TPSA) is 25.8 Å². The van der Waals surface area contributed by atoms with E-state index < -0.39 is 11.7 Å². The molecule has 0 N–H and O–H groups in total. The lowest BCUT2D eigenvalue weighted by atomic mass is 10.3. The zero-order chi connectivity index (χ0) is 13.2. The molecule has 0 aliphatic rings. The van der Waals surface area contributed by atoms with Crippen LogP contribution >= 0.6 is 23.4 Å². The first kappa shape index (κ1) is 13.2. The summed E-state index contributed by atoms with van der Waals surface area (Å²) in [5.41, 5.74) is -0.806. The predicted molar refractivity (Wildman–Crippen MR) is 62.6 cm³/mol. The lowest BCUT2D eigenvalue weighted by Crippen LogP contribution is -2.05. The average Bonchev–Trinajstić information content (AvgIpc) is 2.28. The predicted octanol–water partition coefficient (Wildman–Crippen LogP) is 4.30. The van der Waals surface area contributed by atoms with Crippen molar-refractivity contribution in [2.75, 3.05) is 0 Å². The van der Waals surface area contributed by atoms with Crippen LogP contribution in [0.3, 0.4) is 0 Å². The van der Waals surface area contributed by atoms with Crippen LogP contribution in [0.5, 0.6) is 0 Å². The zero-order valence-electron chi connectivity index (χ0n) is 8.78. The van der Waals surface area contributed by atoms with Crippen molar-refractivity contribution >= 4 is 23.4 Å². The van der Waals surface area contributed by atoms with E-state index in [9.17, 15) is 13.2 Å². The van der Waals surface area contributed by atoms with Crippen molar-refractivity contribution in [2.45, 2.75) is 16.1 Å². The molecule has 0 saturated carbocycles. The van der Waals surface area contributed by atoms with E-state index in [1.54, 1.807) is 24.5 Å². The molecule has 2 rings (SSSR count). The summed E-state index contributed by atoms with van der Waals surface area (Å²) in [5, 5.41) is 0.0161. The van der Waals surface area contributed by atoms with Crippen LogP contribution in [0.1, 0.15) is 5.56 Å². The molecule has 0 radical (unpaired) electrons. The number of rotatable bonds is 2. The Morgan fingerprint density at radius 1 is 1.11 bits per heavy atom. The molecular weight excluding hydrogens is 285 g/mol. The van der Waals surface area contributed by atoms with Crippen LogP contribution in [0.15, 0.2) is 46.6 Å². The Kier molecular flexibility index (Phi) is 3.77. The van der Waals surface area contributed by atoms with Gasteiger partial charge in [-0.25, -0.2) is 4.98 Å². The van der Waals surface area contributed by atoms with Gasteiger partial charge in [-0.3, -0.25) is 4.98 Å². The Balaban J connectivity index is 2.32. The number of halogens is 4. The molecule has 0 bridgehead atoms. The summed E-state index contributed by atoms with van der Waals surface area (Å²) in [4.78, 5) is 8.42. The van der Waals surface area contributed by atoms with Crippen LogP contribution in [0.25, 0.3) is 0 Å². The van der Waals surface area contributed by atoms with Crippen molar-refractivity contribution in [1.82, 2.24) is 9.97 Å². The second kappa shape index (κ2) is 5.16. The number of hydrogen-bond donors (Lipinski definition) is 0. The lowest BCUT2D eigenvalue weighted by Gasteiger charge is -2.08. The summed E-state index contributed by atoms with van der Waals surface area (Å²) in [6, 6.07) is 5.14. The van der Waals surface area contributed by atoms with Gasteiger partial charge >= 0.3 is 6.18 Å². The maximum atomic E-state index is 12.6. The van der Waals surface area contributed by atoms with Crippen molar-refractivity contribution in [3.05, 3.63) is 47.4 Å². The van der Waals surface area contributed by atoms with E-state index in [4.69, 9.17) is 11.6 Å². The standard InChI is InChI=1S/C11H6ClF3N2S/c12-9-5-7(11(13,14)15)6-10(17-9)18-8-1-3-16-4-2-8/h1-6H. The van der Waals surface area contributed by atoms with Crippen molar-refractivity contribution in [2.24, 2.45) is 0 Å². The number of hydrogen-bond acceptors (Lipinski definition) is 3. The van der Waals surface area contributed by atoms with E-state index in [0.29, 0.717) is 0 Å². The van der Waals surface area contributed by atoms with E-state index in [2.05, 4.69) is 9.97 Å². The van der Waals surface area contributed by atoms with Gasteiger partial charge in [-0.1, -0.05) is 23.4 Å². The van der Waals surface area contributed by atoms with Gasteiger partial charge in [0.15, 0.2) is 0 Å². The van der Waals surface area contributed by atoms with Gasteiger partial charge in [0.2, 0.25) is 0 Å². The SMILES string of the molecule is FC(F)(F)c1cc(Cl)nc(Sc2ccncc2)c1. The van der Waals surface area contributed by atoms with Crippen molar-refractivity contribution in [1.29, 1.82) is 0 Å². The minimum absolute atomic E-state index is 0.179. The molecule has 0 spiro atoms. The van der Waals surface area contributed by atoms with E-state index in [1.165, 1.54) is 0 Å². The average molecular weight is 291 g/mol. The Labute approximate surface area is 110 Å². The fourth-order valence-corrected chi connectivity index (χ4v) is 2.30. The first-order valence-corrected chi connectivity index (χ1v) is 5.97. The molecular formula is C11H6ClF3N2S. The second-order valence-electron chi connectivity index (χ2n) is 3.30. The van der Waals surface area contributed by atoms with Gasteiger partial charge < -0.3 is 0 Å². The monoisotopic (exact) mass is 290 g/mol. The van der Waals surface area contributed by atoms with Crippen LogP contribution in [-0.4, -0.2) is 9.97 Å². The van der Waals surface area contributed by atoms with Crippen molar-refractivity contribution in [3.8, 4) is 0 Å². The van der Waals surface area contributed by atoms with E-state index in [1.807, 2.05) is 0 Å². The van der Waals surface area contributed by atoms with Gasteiger partial charge in [0, 0.05) is 17.3 Å². The van der Waals surface area contributed by atoms with Gasteiger partial charge in [-0.05, 0) is 24.3 Å². The van der Waals surface area contributed by atoms with Crippen LogP contribution in [0.4, 0.5) is 13.2 Å². The molecule has 7 heteroatoms. The quantitative estimate of drug-likeness (QED) is 0.771. The molecule has 0 saturated heterocycles. The van der Waals surface area contributed by atoms with Crippen LogP contribution in [0, 0.1) is 0 Å². The largest absolute Gasteiger partial charge is 0.416 e. The molecule has 2 nitrogen and oxygen atoms in total. The third-order valence-electron chi connectivity index (χ3n) is 1.97. The molecule has 0 aliphatic heterocycles. The van der Waals surface area contributed by atoms with Gasteiger partial charge in [0.05, 0.1) is 5.56 Å². The first-order valence-electron chi connectivity index (χ1n) is 4.78. The van der Waals surface area contributed by atoms with Crippen molar-refractivity contribution < 1.29 is 13.2 Å². The van der Waals surface area contributed by atoms with Gasteiger partial charge in [0.1, 0.15) is 10.2 Å². The zero-order valence-corrected chi connectivity index (χ0v) is 10.4. The Morgan fingerprint density at radius 2 is 1.78 bits per heavy atom. The molecule has 0 aromatic carbocycles. The van der Waals surface area contributed by atoms with E-state index in [0.717, 1.165) is 28.8 Å². The Morgan fingerprint density at radius 3 is 2.39 bits per heavy atom. The number of nitrogens with zero attached hydrogens (tertiary/aromatic N) is 2. The normalized spacial score (nSPS) is 11.6. The highest BCUT2D eigenvalue weighted by Gasteiger charge is 2.31. The van der Waals surface area contributed by atoms with Crippen LogP contribution < -0.4 is 0 Å². The number of aromatic nitrogens is 2. The Hall–Kier alpha value is -1.27. The van der Waals surface area contributed by atoms with Gasteiger partial charge in [-0.15, -0.1) is 0 Å². The van der Waals surface area contributed by atoms with Crippen LogP contribution in [0.2, 0.25) is 5.15 Å². The van der Waals surface area contributed by atoms with E-state index >= 15 is 0 Å². The maximum Gasteiger partial charge on any atom is 0.416 e. The molecule has 0 amide bonds. The third kappa shape index (κ3) is 3.36. The summed E-state index contributed by atoms with van der Waals surface area (Å²) in [5.74, 6) is 0. The number of pyridine rings is 2. The van der Waals surface area contributed by atoms with Crippen LogP contribution in [-0.2, 0) is 6.18 Å². The smallest absolute Gasteiger partial charge is 0.265 e. The summed E-state index contributed by atoms with van der Waals surface area (Å²) in [7, 11) is 0. The molecule has 18 heavy (non-hydrogen) atoms. The number of alkyl halides is 3. The molecule has 2 aromatic rings. The fraction of sp³-hybridized carbons (Fsp3) is 0.0909. The summed E-state index contributed by atoms with van der Waals surface area (Å²) in [6.07, 6.45) is -1.32. The van der Waals surface area contributed by atoms with Gasteiger partial charge in [0.25, 0.3) is 0 Å². The molecule has 0 aliphatic carbocycles. The first-order chi connectivity index (χ1) is 8.45. The van der Waals surface area contributed by atoms with Gasteiger partial charge in [-0.2, -0.15) is 13.2 Å². The molecule has 2 aromatic heterocycles.